The van der Waals surface area contributed by atoms with Gasteiger partial charge in [0.2, 0.25) is 0 Å². The molecule has 1 aliphatic carbocycles. The molecule has 1 fully saturated rings. The maximum absolute atomic E-state index is 3.64. The average Bonchev–Trinajstić information content (AvgIpc) is 2.13. The van der Waals surface area contributed by atoms with Crippen molar-refractivity contribution in [1.29, 1.82) is 0 Å². The average molecular weight is 233 g/mol. The summed E-state index contributed by atoms with van der Waals surface area (Å²) in [5.41, 5.74) is 0.877. The Morgan fingerprint density at radius 1 is 1.12 bits per heavy atom. The summed E-state index contributed by atoms with van der Waals surface area (Å²) in [6, 6.07) is 0.576. The summed E-state index contributed by atoms with van der Waals surface area (Å²) >= 11 is 0. The molecular formula is C15H25N2. The van der Waals surface area contributed by atoms with Crippen molar-refractivity contribution in [3.8, 4) is 0 Å². The van der Waals surface area contributed by atoms with Gasteiger partial charge in [-0.05, 0) is 48.4 Å². The maximum atomic E-state index is 3.64. The number of dihydropyridines is 1. The van der Waals surface area contributed by atoms with Gasteiger partial charge in [0.25, 0.3) is 0 Å². The van der Waals surface area contributed by atoms with Crippen LogP contribution >= 0.6 is 0 Å². The van der Waals surface area contributed by atoms with E-state index in [1.807, 2.05) is 12.3 Å². The lowest BCUT2D eigenvalue weighted by Crippen LogP contribution is -2.47. The van der Waals surface area contributed by atoms with Crippen LogP contribution in [0.25, 0.3) is 0 Å². The highest BCUT2D eigenvalue weighted by Crippen LogP contribution is 2.45. The first kappa shape index (κ1) is 12.7. The lowest BCUT2D eigenvalue weighted by Gasteiger charge is -2.45. The standard InChI is InChI=1S/C15H25N2/c1-14(2)9-12(10-15(3,4)11-14)17-13-7-5-6-8-16-13/h5-8,12,16-17H,9-11H2,1-4H3. The van der Waals surface area contributed by atoms with Crippen LogP contribution < -0.4 is 10.6 Å². The number of rotatable bonds is 2. The smallest absolute Gasteiger partial charge is 0.149 e. The Bertz CT molecular complexity index is 310. The first-order valence-electron chi connectivity index (χ1n) is 6.60. The van der Waals surface area contributed by atoms with E-state index in [1.165, 1.54) is 19.3 Å². The second-order valence-electron chi connectivity index (χ2n) is 7.03. The summed E-state index contributed by atoms with van der Waals surface area (Å²) in [6.07, 6.45) is 13.1. The molecule has 0 unspecified atom stereocenters. The van der Waals surface area contributed by atoms with Crippen molar-refractivity contribution in [2.24, 2.45) is 10.8 Å². The zero-order valence-corrected chi connectivity index (χ0v) is 11.5. The lowest BCUT2D eigenvalue weighted by atomic mass is 9.63. The minimum Gasteiger partial charge on any atom is -0.367 e. The number of allylic oxidation sites excluding steroid dienone is 2. The lowest BCUT2D eigenvalue weighted by molar-refractivity contribution is 0.0862. The molecule has 1 heterocycles. The number of hydrogen-bond donors (Lipinski definition) is 2. The normalized spacial score (nSPS) is 28.0. The third-order valence-corrected chi connectivity index (χ3v) is 3.62. The zero-order chi connectivity index (χ0) is 12.5. The fourth-order valence-corrected chi connectivity index (χ4v) is 3.65. The molecule has 0 aromatic carbocycles. The van der Waals surface area contributed by atoms with E-state index in [-0.39, 0.29) is 0 Å². The molecule has 1 saturated carbocycles. The Hall–Kier alpha value is -0.760. The van der Waals surface area contributed by atoms with Crippen LogP contribution in [0.1, 0.15) is 47.0 Å². The van der Waals surface area contributed by atoms with Gasteiger partial charge in [-0.3, -0.25) is 5.32 Å². The quantitative estimate of drug-likeness (QED) is 0.764. The minimum absolute atomic E-state index is 0.439. The largest absolute Gasteiger partial charge is 0.367 e. The van der Waals surface area contributed by atoms with Crippen LogP contribution in [0.3, 0.4) is 0 Å². The minimum atomic E-state index is 0.439. The Morgan fingerprint density at radius 2 is 1.76 bits per heavy atom. The fraction of sp³-hybridized carbons (Fsp3) is 0.667. The number of nitrogens with one attached hydrogen (secondary N) is 2. The van der Waals surface area contributed by atoms with E-state index in [4.69, 9.17) is 0 Å². The van der Waals surface area contributed by atoms with Gasteiger partial charge < -0.3 is 5.32 Å². The van der Waals surface area contributed by atoms with Gasteiger partial charge in [0.15, 0.2) is 0 Å². The van der Waals surface area contributed by atoms with Crippen molar-refractivity contribution in [2.45, 2.75) is 53.0 Å². The van der Waals surface area contributed by atoms with Crippen LogP contribution in [-0.2, 0) is 0 Å². The fourth-order valence-electron chi connectivity index (χ4n) is 3.65. The molecule has 0 amide bonds. The Kier molecular flexibility index (Phi) is 3.35. The van der Waals surface area contributed by atoms with Crippen LogP contribution in [0.5, 0.6) is 0 Å². The van der Waals surface area contributed by atoms with Crippen LogP contribution in [0.2, 0.25) is 0 Å². The summed E-state index contributed by atoms with van der Waals surface area (Å²) in [5, 5.41) is 6.90. The maximum Gasteiger partial charge on any atom is 0.149 e. The van der Waals surface area contributed by atoms with Gasteiger partial charge in [0, 0.05) is 6.04 Å². The molecule has 17 heavy (non-hydrogen) atoms. The molecule has 0 bridgehead atoms. The third-order valence-electron chi connectivity index (χ3n) is 3.62. The molecule has 2 heteroatoms. The molecule has 1 radical (unpaired) electrons. The summed E-state index contributed by atoms with van der Waals surface area (Å²) in [7, 11) is 0. The van der Waals surface area contributed by atoms with E-state index in [9.17, 15) is 0 Å². The topological polar surface area (TPSA) is 24.1 Å². The molecule has 0 aromatic heterocycles. The monoisotopic (exact) mass is 233 g/mol. The van der Waals surface area contributed by atoms with Crippen molar-refractivity contribution in [1.82, 2.24) is 10.6 Å². The van der Waals surface area contributed by atoms with Crippen molar-refractivity contribution < 1.29 is 0 Å². The van der Waals surface area contributed by atoms with Crippen molar-refractivity contribution in [2.75, 3.05) is 0 Å². The van der Waals surface area contributed by atoms with Crippen LogP contribution in [0.4, 0.5) is 0 Å². The van der Waals surface area contributed by atoms with E-state index in [0.29, 0.717) is 16.9 Å². The van der Waals surface area contributed by atoms with Crippen LogP contribution in [0, 0.1) is 17.0 Å². The number of hydrogen-bond acceptors (Lipinski definition) is 2. The van der Waals surface area contributed by atoms with E-state index in [2.05, 4.69) is 50.5 Å². The molecule has 95 valence electrons. The van der Waals surface area contributed by atoms with Gasteiger partial charge in [-0.2, -0.15) is 0 Å². The Balaban J connectivity index is 1.96. The predicted molar refractivity (Wildman–Crippen MR) is 73.0 cm³/mol. The molecule has 0 aromatic rings. The summed E-state index contributed by atoms with van der Waals surface area (Å²) in [6.45, 7) is 9.54. The molecule has 2 N–H and O–H groups in total. The van der Waals surface area contributed by atoms with Gasteiger partial charge in [-0.25, -0.2) is 0 Å². The van der Waals surface area contributed by atoms with Gasteiger partial charge in [-0.15, -0.1) is 0 Å². The van der Waals surface area contributed by atoms with Gasteiger partial charge in [-0.1, -0.05) is 33.8 Å². The van der Waals surface area contributed by atoms with Crippen LogP contribution in [0.15, 0.2) is 24.4 Å². The van der Waals surface area contributed by atoms with Gasteiger partial charge >= 0.3 is 0 Å². The molecule has 0 atom stereocenters. The van der Waals surface area contributed by atoms with Gasteiger partial charge in [0.1, 0.15) is 6.17 Å². The zero-order valence-electron chi connectivity index (χ0n) is 11.5. The second-order valence-corrected chi connectivity index (χ2v) is 7.03. The van der Waals surface area contributed by atoms with Crippen molar-refractivity contribution in [3.63, 3.8) is 0 Å². The molecular weight excluding hydrogens is 208 g/mol. The first-order valence-corrected chi connectivity index (χ1v) is 6.60. The highest BCUT2D eigenvalue weighted by atomic mass is 15.1. The molecule has 1 aliphatic heterocycles. The highest BCUT2D eigenvalue weighted by molar-refractivity contribution is 5.20. The molecule has 0 saturated heterocycles. The molecule has 2 aliphatic rings. The van der Waals surface area contributed by atoms with E-state index >= 15 is 0 Å². The second kappa shape index (κ2) is 4.49. The summed E-state index contributed by atoms with van der Waals surface area (Å²) < 4.78 is 0. The van der Waals surface area contributed by atoms with Crippen molar-refractivity contribution >= 4 is 0 Å². The first-order chi connectivity index (χ1) is 7.86. The highest BCUT2D eigenvalue weighted by Gasteiger charge is 2.38. The molecule has 0 spiro atoms. The van der Waals surface area contributed by atoms with Crippen molar-refractivity contribution in [3.05, 3.63) is 30.6 Å². The van der Waals surface area contributed by atoms with Crippen LogP contribution in [-0.4, -0.2) is 6.04 Å². The van der Waals surface area contributed by atoms with E-state index < -0.39 is 0 Å². The SMILES string of the molecule is CC1(C)CC(N[C]2C=CC=CN2)CC(C)(C)C1. The third kappa shape index (κ3) is 3.60. The van der Waals surface area contributed by atoms with E-state index in [0.717, 1.165) is 6.17 Å². The summed E-state index contributed by atoms with van der Waals surface area (Å²) in [4.78, 5) is 0. The molecule has 2 rings (SSSR count). The Morgan fingerprint density at radius 3 is 2.29 bits per heavy atom. The van der Waals surface area contributed by atoms with Gasteiger partial charge in [0.05, 0.1) is 0 Å². The predicted octanol–water partition coefficient (Wildman–Crippen LogP) is 3.34. The Labute approximate surface area is 106 Å². The van der Waals surface area contributed by atoms with E-state index in [1.54, 1.807) is 0 Å². The molecule has 2 nitrogen and oxygen atoms in total. The summed E-state index contributed by atoms with van der Waals surface area (Å²) in [5.74, 6) is 0.